The van der Waals surface area contributed by atoms with Gasteiger partial charge in [0.1, 0.15) is 11.2 Å². The van der Waals surface area contributed by atoms with Crippen molar-refractivity contribution < 1.29 is 0 Å². The Morgan fingerprint density at radius 1 is 1.64 bits per heavy atom. The first kappa shape index (κ1) is 6.79. The van der Waals surface area contributed by atoms with Crippen LogP contribution in [0.15, 0.2) is 0 Å². The second-order valence-electron chi connectivity index (χ2n) is 2.65. The SMILES string of the molecule is Cc1nn2c(c1Cl)NC(C)N2. The number of hydrogen-bond acceptors (Lipinski definition) is 3. The molecule has 0 aromatic carbocycles. The summed E-state index contributed by atoms with van der Waals surface area (Å²) in [6, 6.07) is 0. The molecule has 1 aromatic rings. The molecule has 60 valence electrons. The summed E-state index contributed by atoms with van der Waals surface area (Å²) < 4.78 is 0. The Hall–Kier alpha value is -0.900. The summed E-state index contributed by atoms with van der Waals surface area (Å²) in [5, 5.41) is 7.99. The molecule has 0 fully saturated rings. The maximum absolute atomic E-state index is 5.93. The first-order valence-electron chi connectivity index (χ1n) is 3.46. The Balaban J connectivity index is 2.48. The molecule has 1 aromatic heterocycles. The lowest BCUT2D eigenvalue weighted by Gasteiger charge is -2.02. The van der Waals surface area contributed by atoms with E-state index in [4.69, 9.17) is 11.6 Å². The van der Waals surface area contributed by atoms with Crippen LogP contribution >= 0.6 is 11.6 Å². The van der Waals surface area contributed by atoms with Crippen molar-refractivity contribution in [3.63, 3.8) is 0 Å². The standard InChI is InChI=1S/C6H9ClN4/c1-3-5(7)6-8-4(2)10-11(6)9-3/h4,8,10H,1-2H3. The lowest BCUT2D eigenvalue weighted by Crippen LogP contribution is -2.22. The van der Waals surface area contributed by atoms with Gasteiger partial charge >= 0.3 is 0 Å². The van der Waals surface area contributed by atoms with Crippen LogP contribution < -0.4 is 10.7 Å². The lowest BCUT2D eigenvalue weighted by molar-refractivity contribution is 0.740. The fourth-order valence-electron chi connectivity index (χ4n) is 1.15. The van der Waals surface area contributed by atoms with E-state index in [0.717, 1.165) is 11.5 Å². The number of nitrogens with zero attached hydrogens (tertiary/aromatic N) is 2. The van der Waals surface area contributed by atoms with Gasteiger partial charge in [-0.15, -0.1) is 0 Å². The molecule has 0 bridgehead atoms. The third-order valence-electron chi connectivity index (χ3n) is 1.66. The highest BCUT2D eigenvalue weighted by Crippen LogP contribution is 2.27. The van der Waals surface area contributed by atoms with Crippen LogP contribution in [0.3, 0.4) is 0 Å². The fourth-order valence-corrected chi connectivity index (χ4v) is 1.32. The van der Waals surface area contributed by atoms with E-state index < -0.39 is 0 Å². The predicted octanol–water partition coefficient (Wildman–Crippen LogP) is 1.16. The Bertz CT molecular complexity index is 293. The molecule has 2 N–H and O–H groups in total. The molecule has 1 unspecified atom stereocenters. The van der Waals surface area contributed by atoms with E-state index in [0.29, 0.717) is 5.02 Å². The van der Waals surface area contributed by atoms with Gasteiger partial charge in [0.05, 0.1) is 5.69 Å². The van der Waals surface area contributed by atoms with Crippen molar-refractivity contribution in [3.05, 3.63) is 10.7 Å². The van der Waals surface area contributed by atoms with E-state index in [2.05, 4.69) is 15.8 Å². The topological polar surface area (TPSA) is 41.9 Å². The van der Waals surface area contributed by atoms with Gasteiger partial charge in [-0.25, -0.2) is 0 Å². The van der Waals surface area contributed by atoms with E-state index in [1.54, 1.807) is 4.79 Å². The molecule has 0 radical (unpaired) electrons. The molecule has 0 aliphatic carbocycles. The van der Waals surface area contributed by atoms with Crippen LogP contribution in [0.2, 0.25) is 5.02 Å². The molecule has 11 heavy (non-hydrogen) atoms. The summed E-state index contributed by atoms with van der Waals surface area (Å²) in [5.74, 6) is 0.858. The molecular formula is C6H9ClN4. The first-order valence-corrected chi connectivity index (χ1v) is 3.84. The molecule has 1 aliphatic heterocycles. The molecule has 0 saturated carbocycles. The average molecular weight is 173 g/mol. The van der Waals surface area contributed by atoms with Gasteiger partial charge in [-0.2, -0.15) is 9.89 Å². The second kappa shape index (κ2) is 2.04. The molecule has 0 saturated heterocycles. The number of anilines is 1. The molecule has 0 spiro atoms. The Labute approximate surface area is 69.5 Å². The van der Waals surface area contributed by atoms with Gasteiger partial charge in [0.15, 0.2) is 5.82 Å². The van der Waals surface area contributed by atoms with Crippen molar-refractivity contribution in [2.45, 2.75) is 20.0 Å². The lowest BCUT2D eigenvalue weighted by atomic mass is 10.4. The fraction of sp³-hybridized carbons (Fsp3) is 0.500. The predicted molar refractivity (Wildman–Crippen MR) is 44.4 cm³/mol. The molecule has 1 aliphatic rings. The zero-order valence-electron chi connectivity index (χ0n) is 6.35. The van der Waals surface area contributed by atoms with Crippen LogP contribution in [0, 0.1) is 6.92 Å². The van der Waals surface area contributed by atoms with E-state index in [9.17, 15) is 0 Å². The number of hydrogen-bond donors (Lipinski definition) is 2. The summed E-state index contributed by atoms with van der Waals surface area (Å²) in [5.41, 5.74) is 3.91. The summed E-state index contributed by atoms with van der Waals surface area (Å²) in [4.78, 5) is 1.67. The second-order valence-corrected chi connectivity index (χ2v) is 3.03. The highest BCUT2D eigenvalue weighted by molar-refractivity contribution is 6.33. The minimum atomic E-state index is 0.204. The number of nitrogens with one attached hydrogen (secondary N) is 2. The van der Waals surface area contributed by atoms with Crippen molar-refractivity contribution in [2.24, 2.45) is 0 Å². The number of halogens is 1. The van der Waals surface area contributed by atoms with Gasteiger partial charge in [0.2, 0.25) is 0 Å². The van der Waals surface area contributed by atoms with Crippen LogP contribution in [0.1, 0.15) is 12.6 Å². The quantitative estimate of drug-likeness (QED) is 0.617. The van der Waals surface area contributed by atoms with Crippen LogP contribution in [-0.2, 0) is 0 Å². The monoisotopic (exact) mass is 172 g/mol. The average Bonchev–Trinajstić information content (AvgIpc) is 2.37. The zero-order valence-corrected chi connectivity index (χ0v) is 7.11. The molecular weight excluding hydrogens is 164 g/mol. The van der Waals surface area contributed by atoms with Gasteiger partial charge in [0, 0.05) is 0 Å². The van der Waals surface area contributed by atoms with E-state index >= 15 is 0 Å². The summed E-state index contributed by atoms with van der Waals surface area (Å²) in [6.45, 7) is 3.88. The van der Waals surface area contributed by atoms with Crippen molar-refractivity contribution in [2.75, 3.05) is 10.7 Å². The molecule has 5 heteroatoms. The van der Waals surface area contributed by atoms with E-state index in [1.165, 1.54) is 0 Å². The van der Waals surface area contributed by atoms with Crippen LogP contribution in [0.5, 0.6) is 0 Å². The maximum atomic E-state index is 5.93. The van der Waals surface area contributed by atoms with Crippen LogP contribution in [0.25, 0.3) is 0 Å². The Kier molecular flexibility index (Phi) is 1.26. The van der Waals surface area contributed by atoms with Crippen molar-refractivity contribution in [1.29, 1.82) is 0 Å². The maximum Gasteiger partial charge on any atom is 0.168 e. The van der Waals surface area contributed by atoms with Gasteiger partial charge in [-0.05, 0) is 13.8 Å². The van der Waals surface area contributed by atoms with Gasteiger partial charge in [0.25, 0.3) is 0 Å². The van der Waals surface area contributed by atoms with E-state index in [1.807, 2.05) is 13.8 Å². The van der Waals surface area contributed by atoms with E-state index in [-0.39, 0.29) is 6.17 Å². The normalized spacial score (nSPS) is 20.8. The highest BCUT2D eigenvalue weighted by Gasteiger charge is 2.21. The van der Waals surface area contributed by atoms with Crippen LogP contribution in [-0.4, -0.2) is 16.1 Å². The summed E-state index contributed by atoms with van der Waals surface area (Å²) in [7, 11) is 0. The number of rotatable bonds is 0. The van der Waals surface area contributed by atoms with Gasteiger partial charge < -0.3 is 5.32 Å². The zero-order chi connectivity index (χ0) is 8.01. The van der Waals surface area contributed by atoms with Gasteiger partial charge in [-0.3, -0.25) is 5.43 Å². The first-order chi connectivity index (χ1) is 5.18. The minimum absolute atomic E-state index is 0.204. The Morgan fingerprint density at radius 3 is 3.00 bits per heavy atom. The van der Waals surface area contributed by atoms with Gasteiger partial charge in [-0.1, -0.05) is 11.6 Å². The summed E-state index contributed by atoms with van der Waals surface area (Å²) in [6.07, 6.45) is 0.204. The number of aryl methyl sites for hydroxylation is 1. The van der Waals surface area contributed by atoms with Crippen molar-refractivity contribution in [1.82, 2.24) is 9.89 Å². The number of fused-ring (bicyclic) bond motifs is 1. The third-order valence-corrected chi connectivity index (χ3v) is 2.11. The van der Waals surface area contributed by atoms with Crippen molar-refractivity contribution in [3.8, 4) is 0 Å². The Morgan fingerprint density at radius 2 is 2.36 bits per heavy atom. The molecule has 4 nitrogen and oxygen atoms in total. The third kappa shape index (κ3) is 0.860. The largest absolute Gasteiger partial charge is 0.346 e. The molecule has 0 amide bonds. The summed E-state index contributed by atoms with van der Waals surface area (Å²) >= 11 is 5.93. The minimum Gasteiger partial charge on any atom is -0.346 e. The highest BCUT2D eigenvalue weighted by atomic mass is 35.5. The number of aromatic nitrogens is 2. The smallest absolute Gasteiger partial charge is 0.168 e. The van der Waals surface area contributed by atoms with Crippen LogP contribution in [0.4, 0.5) is 5.82 Å². The molecule has 2 heterocycles. The van der Waals surface area contributed by atoms with Crippen molar-refractivity contribution >= 4 is 17.4 Å². The molecule has 1 atom stereocenters. The molecule has 2 rings (SSSR count).